The number of nitrogens with two attached hydrogens (primary N) is 1. The maximum atomic E-state index is 12.2. The lowest BCUT2D eigenvalue weighted by Gasteiger charge is -2.16. The van der Waals surface area contributed by atoms with Crippen LogP contribution in [0.5, 0.6) is 0 Å². The highest BCUT2D eigenvalue weighted by Crippen LogP contribution is 2.27. The molecule has 2 aromatic rings. The van der Waals surface area contributed by atoms with Crippen molar-refractivity contribution in [3.8, 4) is 0 Å². The molecule has 1 aliphatic carbocycles. The normalized spacial score (nSPS) is 16.2. The zero-order chi connectivity index (χ0) is 16.9. The second-order valence-corrected chi connectivity index (χ2v) is 6.43. The summed E-state index contributed by atoms with van der Waals surface area (Å²) in [5.74, 6) is -0.233. The summed E-state index contributed by atoms with van der Waals surface area (Å²) in [6, 6.07) is 6.77. The van der Waals surface area contributed by atoms with Crippen LogP contribution in [0.1, 0.15) is 37.8 Å². The molecule has 0 radical (unpaired) electrons. The molecule has 0 spiro atoms. The molecule has 3 rings (SSSR count). The van der Waals surface area contributed by atoms with Gasteiger partial charge in [-0.2, -0.15) is 0 Å². The number of rotatable bonds is 6. The Morgan fingerprint density at radius 1 is 1.21 bits per heavy atom. The molecular weight excluding hydrogens is 304 g/mol. The highest BCUT2D eigenvalue weighted by molar-refractivity contribution is 5.87. The van der Waals surface area contributed by atoms with E-state index in [2.05, 4.69) is 15.3 Å². The summed E-state index contributed by atoms with van der Waals surface area (Å²) < 4.78 is 0. The van der Waals surface area contributed by atoms with Crippen molar-refractivity contribution in [3.05, 3.63) is 36.2 Å². The van der Waals surface area contributed by atoms with E-state index in [0.29, 0.717) is 18.0 Å². The minimum atomic E-state index is -0.755. The first-order valence-electron chi connectivity index (χ1n) is 8.41. The molecule has 0 aliphatic heterocycles. The van der Waals surface area contributed by atoms with Gasteiger partial charge in [-0.3, -0.25) is 14.6 Å². The number of para-hydroxylation sites is 2. The van der Waals surface area contributed by atoms with E-state index in [-0.39, 0.29) is 12.3 Å². The van der Waals surface area contributed by atoms with Gasteiger partial charge in [-0.1, -0.05) is 25.0 Å². The Kier molecular flexibility index (Phi) is 5.03. The van der Waals surface area contributed by atoms with E-state index in [1.807, 2.05) is 24.3 Å². The van der Waals surface area contributed by atoms with Crippen LogP contribution in [-0.4, -0.2) is 27.8 Å². The Hall–Kier alpha value is -2.50. The number of primary amides is 1. The third kappa shape index (κ3) is 4.07. The monoisotopic (exact) mass is 326 g/mol. The predicted octanol–water partition coefficient (Wildman–Crippen LogP) is 1.72. The molecule has 1 saturated carbocycles. The van der Waals surface area contributed by atoms with Crippen LogP contribution < -0.4 is 11.1 Å². The molecule has 1 aromatic heterocycles. The van der Waals surface area contributed by atoms with Gasteiger partial charge in [-0.15, -0.1) is 0 Å². The number of nitrogens with zero attached hydrogens (tertiary/aromatic N) is 2. The summed E-state index contributed by atoms with van der Waals surface area (Å²) in [7, 11) is 0. The summed E-state index contributed by atoms with van der Waals surface area (Å²) in [4.78, 5) is 32.7. The Morgan fingerprint density at radius 3 is 2.62 bits per heavy atom. The fourth-order valence-corrected chi connectivity index (χ4v) is 3.26. The van der Waals surface area contributed by atoms with Crippen molar-refractivity contribution in [2.75, 3.05) is 0 Å². The minimum Gasteiger partial charge on any atom is -0.368 e. The van der Waals surface area contributed by atoms with Gasteiger partial charge in [-0.05, 0) is 30.9 Å². The number of benzene rings is 1. The van der Waals surface area contributed by atoms with Gasteiger partial charge in [0.25, 0.3) is 0 Å². The van der Waals surface area contributed by atoms with Crippen molar-refractivity contribution in [2.24, 2.45) is 11.7 Å². The Labute approximate surface area is 140 Å². The Balaban J connectivity index is 1.66. The molecule has 3 N–H and O–H groups in total. The van der Waals surface area contributed by atoms with Crippen molar-refractivity contribution in [2.45, 2.75) is 44.6 Å². The highest BCUT2D eigenvalue weighted by Gasteiger charge is 2.23. The van der Waals surface area contributed by atoms with Gasteiger partial charge in [0.2, 0.25) is 11.8 Å². The van der Waals surface area contributed by atoms with Crippen molar-refractivity contribution in [3.63, 3.8) is 0 Å². The average molecular weight is 326 g/mol. The van der Waals surface area contributed by atoms with Crippen LogP contribution in [0.3, 0.4) is 0 Å². The van der Waals surface area contributed by atoms with Crippen LogP contribution in [-0.2, 0) is 16.0 Å². The van der Waals surface area contributed by atoms with Gasteiger partial charge in [0, 0.05) is 19.0 Å². The maximum absolute atomic E-state index is 12.2. The summed E-state index contributed by atoms with van der Waals surface area (Å²) in [6.07, 6.45) is 6.89. The first-order valence-corrected chi connectivity index (χ1v) is 8.41. The van der Waals surface area contributed by atoms with Crippen LogP contribution in [0.4, 0.5) is 0 Å². The lowest BCUT2D eigenvalue weighted by atomic mass is 10.0. The quantitative estimate of drug-likeness (QED) is 0.844. The predicted molar refractivity (Wildman–Crippen MR) is 90.9 cm³/mol. The number of hydrogen-bond acceptors (Lipinski definition) is 4. The zero-order valence-electron chi connectivity index (χ0n) is 13.6. The van der Waals surface area contributed by atoms with Gasteiger partial charge in [-0.25, -0.2) is 4.98 Å². The molecule has 0 saturated heterocycles. The zero-order valence-corrected chi connectivity index (χ0v) is 13.6. The Bertz CT molecular complexity index is 741. The van der Waals surface area contributed by atoms with Gasteiger partial charge in [0.05, 0.1) is 16.7 Å². The van der Waals surface area contributed by atoms with Crippen LogP contribution in [0.25, 0.3) is 11.0 Å². The number of nitrogens with one attached hydrogen (secondary N) is 1. The van der Waals surface area contributed by atoms with Crippen molar-refractivity contribution in [1.82, 2.24) is 15.3 Å². The maximum Gasteiger partial charge on any atom is 0.240 e. The summed E-state index contributed by atoms with van der Waals surface area (Å²) in [5.41, 5.74) is 7.64. The molecule has 1 heterocycles. The van der Waals surface area contributed by atoms with Crippen molar-refractivity contribution in [1.29, 1.82) is 0 Å². The Morgan fingerprint density at radius 2 is 1.92 bits per heavy atom. The standard InChI is InChI=1S/C18H22N4O2/c19-18(24)16(22-17(23)9-12-5-1-2-6-12)10-13-11-20-14-7-3-4-8-15(14)21-13/h3-4,7-8,11-12,16H,1-2,5-6,9-10H2,(H2,19,24)(H,22,23)/t16-/m1/s1. The van der Waals surface area contributed by atoms with Crippen LogP contribution >= 0.6 is 0 Å². The molecule has 6 heteroatoms. The molecule has 1 fully saturated rings. The molecule has 0 bridgehead atoms. The SMILES string of the molecule is NC(=O)[C@@H](Cc1cnc2ccccc2n1)NC(=O)CC1CCCC1. The van der Waals surface area contributed by atoms with E-state index in [4.69, 9.17) is 5.73 Å². The molecule has 6 nitrogen and oxygen atoms in total. The van der Waals surface area contributed by atoms with Crippen LogP contribution in [0.15, 0.2) is 30.5 Å². The third-order valence-corrected chi connectivity index (χ3v) is 4.54. The van der Waals surface area contributed by atoms with E-state index < -0.39 is 11.9 Å². The van der Waals surface area contributed by atoms with Gasteiger partial charge in [0.15, 0.2) is 0 Å². The van der Waals surface area contributed by atoms with E-state index in [1.165, 1.54) is 12.8 Å². The van der Waals surface area contributed by atoms with Crippen molar-refractivity contribution >= 4 is 22.8 Å². The highest BCUT2D eigenvalue weighted by atomic mass is 16.2. The fraction of sp³-hybridized carbons (Fsp3) is 0.444. The molecule has 126 valence electrons. The lowest BCUT2D eigenvalue weighted by Crippen LogP contribution is -2.46. The van der Waals surface area contributed by atoms with E-state index in [0.717, 1.165) is 23.9 Å². The topological polar surface area (TPSA) is 98.0 Å². The second kappa shape index (κ2) is 7.38. The van der Waals surface area contributed by atoms with E-state index >= 15 is 0 Å². The van der Waals surface area contributed by atoms with Gasteiger partial charge in [0.1, 0.15) is 6.04 Å². The molecule has 1 aromatic carbocycles. The van der Waals surface area contributed by atoms with Crippen LogP contribution in [0.2, 0.25) is 0 Å². The van der Waals surface area contributed by atoms with Gasteiger partial charge >= 0.3 is 0 Å². The molecular formula is C18H22N4O2. The molecule has 1 atom stereocenters. The molecule has 24 heavy (non-hydrogen) atoms. The number of aromatic nitrogens is 2. The average Bonchev–Trinajstić information content (AvgIpc) is 3.07. The van der Waals surface area contributed by atoms with E-state index in [9.17, 15) is 9.59 Å². The molecule has 1 aliphatic rings. The summed E-state index contributed by atoms with van der Waals surface area (Å²) in [5, 5.41) is 2.76. The third-order valence-electron chi connectivity index (χ3n) is 4.54. The first-order chi connectivity index (χ1) is 11.6. The van der Waals surface area contributed by atoms with E-state index in [1.54, 1.807) is 6.20 Å². The molecule has 0 unspecified atom stereocenters. The van der Waals surface area contributed by atoms with Gasteiger partial charge < -0.3 is 11.1 Å². The minimum absolute atomic E-state index is 0.112. The summed E-state index contributed by atoms with van der Waals surface area (Å²) in [6.45, 7) is 0. The first kappa shape index (κ1) is 16.4. The smallest absolute Gasteiger partial charge is 0.240 e. The number of fused-ring (bicyclic) bond motifs is 1. The number of carbonyl (C=O) groups is 2. The lowest BCUT2D eigenvalue weighted by molar-refractivity contribution is -0.127. The summed E-state index contributed by atoms with van der Waals surface area (Å²) >= 11 is 0. The number of carbonyl (C=O) groups excluding carboxylic acids is 2. The van der Waals surface area contributed by atoms with Crippen molar-refractivity contribution < 1.29 is 9.59 Å². The number of amides is 2. The molecule has 2 amide bonds. The fourth-order valence-electron chi connectivity index (χ4n) is 3.26. The van der Waals surface area contributed by atoms with Crippen LogP contribution in [0, 0.1) is 5.92 Å². The largest absolute Gasteiger partial charge is 0.368 e. The number of hydrogen-bond donors (Lipinski definition) is 2. The second-order valence-electron chi connectivity index (χ2n) is 6.43.